The average Bonchev–Trinajstić information content (AvgIpc) is 2.81. The van der Waals surface area contributed by atoms with Crippen LogP contribution in [-0.4, -0.2) is 21.9 Å². The molecule has 2 aromatic rings. The lowest BCUT2D eigenvalue weighted by molar-refractivity contribution is 0.413. The van der Waals surface area contributed by atoms with Gasteiger partial charge in [0.25, 0.3) is 0 Å². The first-order valence-corrected chi connectivity index (χ1v) is 6.27. The molecule has 0 aliphatic carbocycles. The molecule has 0 saturated carbocycles. The zero-order valence-electron chi connectivity index (χ0n) is 10.1. The molecule has 1 aromatic carbocycles. The van der Waals surface area contributed by atoms with Gasteiger partial charge in [0.15, 0.2) is 5.16 Å². The average molecular weight is 260 g/mol. The summed E-state index contributed by atoms with van der Waals surface area (Å²) >= 11 is 1.58. The molecule has 0 amide bonds. The van der Waals surface area contributed by atoms with Crippen LogP contribution in [0.4, 0.5) is 0 Å². The minimum Gasteiger partial charge on any atom is -0.495 e. The first-order chi connectivity index (χ1) is 8.74. The van der Waals surface area contributed by atoms with E-state index < -0.39 is 0 Å². The van der Waals surface area contributed by atoms with Gasteiger partial charge in [-0.2, -0.15) is 5.26 Å². The number of nitriles is 1. The van der Waals surface area contributed by atoms with Gasteiger partial charge < -0.3 is 9.30 Å². The summed E-state index contributed by atoms with van der Waals surface area (Å²) in [5.41, 5.74) is 1.61. The van der Waals surface area contributed by atoms with E-state index in [1.54, 1.807) is 25.2 Å². The number of aryl methyl sites for hydroxylation is 1. The lowest BCUT2D eigenvalue weighted by atomic mass is 10.1. The third-order valence-electron chi connectivity index (χ3n) is 2.42. The number of benzene rings is 1. The Hall–Kier alpha value is -2.00. The number of thioether (sulfide) groups is 1. The Kier molecular flexibility index (Phi) is 3.85. The van der Waals surface area contributed by atoms with Crippen LogP contribution in [0, 0.1) is 11.3 Å². The van der Waals surface area contributed by atoms with Crippen LogP contribution in [0.25, 0.3) is 0 Å². The van der Waals surface area contributed by atoms with Gasteiger partial charge in [-0.1, -0.05) is 17.8 Å². The summed E-state index contributed by atoms with van der Waals surface area (Å²) in [7, 11) is 3.46. The molecule has 0 radical (unpaired) electrons. The van der Waals surface area contributed by atoms with E-state index in [0.29, 0.717) is 11.3 Å². The van der Waals surface area contributed by atoms with Crippen molar-refractivity contribution < 1.29 is 4.74 Å². The number of ether oxygens (including phenoxy) is 1. The molecule has 0 N–H and O–H groups in total. The molecular weight excluding hydrogens is 248 g/mol. The van der Waals surface area contributed by atoms with E-state index in [9.17, 15) is 0 Å². The third-order valence-corrected chi connectivity index (χ3v) is 3.53. The van der Waals surface area contributed by atoms with Gasteiger partial charge in [-0.3, -0.25) is 0 Å². The minimum atomic E-state index is 0.550. The molecule has 0 unspecified atom stereocenters. The van der Waals surface area contributed by atoms with E-state index in [1.807, 2.05) is 29.8 Å². The van der Waals surface area contributed by atoms with E-state index in [2.05, 4.69) is 16.3 Å². The third kappa shape index (κ3) is 2.63. The second-order valence-electron chi connectivity index (χ2n) is 3.66. The monoisotopic (exact) mass is 260 g/mol. The molecule has 0 aliphatic rings. The van der Waals surface area contributed by atoms with Crippen molar-refractivity contribution in [3.63, 3.8) is 0 Å². The summed E-state index contributed by atoms with van der Waals surface area (Å²) in [5, 5.41) is 17.7. The fourth-order valence-corrected chi connectivity index (χ4v) is 2.31. The summed E-state index contributed by atoms with van der Waals surface area (Å²) < 4.78 is 6.97. The highest BCUT2D eigenvalue weighted by atomic mass is 32.2. The van der Waals surface area contributed by atoms with Gasteiger partial charge in [-0.05, 0) is 17.7 Å². The Morgan fingerprint density at radius 3 is 2.94 bits per heavy atom. The van der Waals surface area contributed by atoms with E-state index in [1.165, 1.54) is 0 Å². The molecule has 0 atom stereocenters. The van der Waals surface area contributed by atoms with Crippen LogP contribution in [0.3, 0.4) is 0 Å². The molecule has 0 spiro atoms. The van der Waals surface area contributed by atoms with Crippen LogP contribution in [0.15, 0.2) is 29.7 Å². The second-order valence-corrected chi connectivity index (χ2v) is 4.60. The Balaban J connectivity index is 2.11. The smallest absolute Gasteiger partial charge is 0.191 e. The van der Waals surface area contributed by atoms with Gasteiger partial charge in [0.2, 0.25) is 0 Å². The normalized spacial score (nSPS) is 10.1. The summed E-state index contributed by atoms with van der Waals surface area (Å²) in [5.74, 6) is 1.34. The SMILES string of the molecule is COc1ccc(CSc2nncn2C)cc1C#N. The standard InChI is InChI=1S/C12H12N4OS/c1-16-8-14-15-12(16)18-7-9-3-4-11(17-2)10(5-9)6-13/h3-5,8H,7H2,1-2H3. The van der Waals surface area contributed by atoms with E-state index >= 15 is 0 Å². The Bertz CT molecular complexity index is 588. The lowest BCUT2D eigenvalue weighted by Crippen LogP contribution is -1.92. The number of hydrogen-bond acceptors (Lipinski definition) is 5. The van der Waals surface area contributed by atoms with Crippen molar-refractivity contribution in [2.24, 2.45) is 7.05 Å². The van der Waals surface area contributed by atoms with E-state index in [0.717, 1.165) is 16.5 Å². The minimum absolute atomic E-state index is 0.550. The van der Waals surface area contributed by atoms with E-state index in [-0.39, 0.29) is 0 Å². The number of aromatic nitrogens is 3. The molecule has 2 rings (SSSR count). The molecule has 6 heteroatoms. The maximum atomic E-state index is 9.01. The van der Waals surface area contributed by atoms with Crippen LogP contribution in [0.5, 0.6) is 5.75 Å². The van der Waals surface area contributed by atoms with Crippen molar-refractivity contribution in [3.8, 4) is 11.8 Å². The van der Waals surface area contributed by atoms with Crippen molar-refractivity contribution >= 4 is 11.8 Å². The number of nitrogens with zero attached hydrogens (tertiary/aromatic N) is 4. The Labute approximate surface area is 109 Å². The summed E-state index contributed by atoms with van der Waals surface area (Å²) in [4.78, 5) is 0. The van der Waals surface area contributed by atoms with Gasteiger partial charge in [-0.15, -0.1) is 10.2 Å². The zero-order valence-corrected chi connectivity index (χ0v) is 10.9. The number of rotatable bonds is 4. The summed E-state index contributed by atoms with van der Waals surface area (Å²) in [6.07, 6.45) is 1.66. The largest absolute Gasteiger partial charge is 0.495 e. The lowest BCUT2D eigenvalue weighted by Gasteiger charge is -2.05. The van der Waals surface area contributed by atoms with Gasteiger partial charge in [0.1, 0.15) is 18.1 Å². The maximum Gasteiger partial charge on any atom is 0.191 e. The fourth-order valence-electron chi connectivity index (χ4n) is 1.48. The Morgan fingerprint density at radius 2 is 2.33 bits per heavy atom. The molecule has 1 aromatic heterocycles. The van der Waals surface area contributed by atoms with Gasteiger partial charge in [0.05, 0.1) is 12.7 Å². The van der Waals surface area contributed by atoms with Crippen LogP contribution < -0.4 is 4.74 Å². The Morgan fingerprint density at radius 1 is 1.50 bits per heavy atom. The molecule has 5 nitrogen and oxygen atoms in total. The van der Waals surface area contributed by atoms with Gasteiger partial charge in [0, 0.05) is 12.8 Å². The van der Waals surface area contributed by atoms with E-state index in [4.69, 9.17) is 10.00 Å². The van der Waals surface area contributed by atoms with Crippen molar-refractivity contribution in [1.29, 1.82) is 5.26 Å². The van der Waals surface area contributed by atoms with Crippen LogP contribution >= 0.6 is 11.8 Å². The van der Waals surface area contributed by atoms with Crippen molar-refractivity contribution in [2.45, 2.75) is 10.9 Å². The van der Waals surface area contributed by atoms with Crippen LogP contribution in [0.1, 0.15) is 11.1 Å². The molecular formula is C12H12N4OS. The van der Waals surface area contributed by atoms with Crippen molar-refractivity contribution in [1.82, 2.24) is 14.8 Å². The highest BCUT2D eigenvalue weighted by Gasteiger charge is 2.06. The highest BCUT2D eigenvalue weighted by molar-refractivity contribution is 7.98. The van der Waals surface area contributed by atoms with Crippen LogP contribution in [-0.2, 0) is 12.8 Å². The topological polar surface area (TPSA) is 63.7 Å². The molecule has 0 bridgehead atoms. The fraction of sp³-hybridized carbons (Fsp3) is 0.250. The second kappa shape index (κ2) is 5.56. The predicted molar refractivity (Wildman–Crippen MR) is 68.3 cm³/mol. The van der Waals surface area contributed by atoms with Gasteiger partial charge in [-0.25, -0.2) is 0 Å². The quantitative estimate of drug-likeness (QED) is 0.787. The molecule has 92 valence electrons. The first-order valence-electron chi connectivity index (χ1n) is 5.28. The summed E-state index contributed by atoms with van der Waals surface area (Å²) in [6.45, 7) is 0. The van der Waals surface area contributed by atoms with Crippen LogP contribution in [0.2, 0.25) is 0 Å². The molecule has 1 heterocycles. The first kappa shape index (κ1) is 12.5. The molecule has 0 aliphatic heterocycles. The van der Waals surface area contributed by atoms with Gasteiger partial charge >= 0.3 is 0 Å². The van der Waals surface area contributed by atoms with Crippen molar-refractivity contribution in [2.75, 3.05) is 7.11 Å². The van der Waals surface area contributed by atoms with Crippen molar-refractivity contribution in [3.05, 3.63) is 35.7 Å². The predicted octanol–water partition coefficient (Wildman–Crippen LogP) is 1.99. The molecule has 0 saturated heterocycles. The maximum absolute atomic E-state index is 9.01. The summed E-state index contributed by atoms with van der Waals surface area (Å²) in [6, 6.07) is 7.72. The number of hydrogen-bond donors (Lipinski definition) is 0. The highest BCUT2D eigenvalue weighted by Crippen LogP contribution is 2.24. The molecule has 0 fully saturated rings. The number of methoxy groups -OCH3 is 1. The zero-order chi connectivity index (χ0) is 13.0. The molecule has 18 heavy (non-hydrogen) atoms.